The number of alkyl halides is 3. The third kappa shape index (κ3) is 6.23. The van der Waals surface area contributed by atoms with Gasteiger partial charge in [-0.1, -0.05) is 42.5 Å². The van der Waals surface area contributed by atoms with E-state index in [1.165, 1.54) is 17.0 Å². The van der Waals surface area contributed by atoms with E-state index >= 15 is 0 Å². The maximum absolute atomic E-state index is 14.0. The maximum atomic E-state index is 14.0. The number of sulfone groups is 1. The molecule has 3 aromatic rings. The number of nitrogens with zero attached hydrogens (tertiary/aromatic N) is 3. The Balaban J connectivity index is 1.39. The minimum atomic E-state index is -4.24. The number of ether oxygens (including phenoxy) is 1. The molecule has 1 atom stereocenters. The Bertz CT molecular complexity index is 1610. The van der Waals surface area contributed by atoms with Crippen LogP contribution in [0.4, 0.5) is 18.0 Å². The minimum Gasteiger partial charge on any atom is -0.446 e. The average Bonchev–Trinajstić information content (AvgIpc) is 2.95. The van der Waals surface area contributed by atoms with Crippen LogP contribution in [-0.2, 0) is 27.5 Å². The number of halogens is 3. The summed E-state index contributed by atoms with van der Waals surface area (Å²) < 4.78 is 70.1. The highest BCUT2D eigenvalue weighted by Gasteiger charge is 2.42. The molecule has 1 aromatic heterocycles. The molecular weight excluding hydrogens is 571 g/mol. The van der Waals surface area contributed by atoms with E-state index in [9.17, 15) is 31.2 Å². The Hall–Kier alpha value is -3.67. The summed E-state index contributed by atoms with van der Waals surface area (Å²) >= 11 is 0. The lowest BCUT2D eigenvalue weighted by Gasteiger charge is -2.33. The van der Waals surface area contributed by atoms with E-state index in [0.717, 1.165) is 11.8 Å². The van der Waals surface area contributed by atoms with Gasteiger partial charge < -0.3 is 9.64 Å². The van der Waals surface area contributed by atoms with Crippen LogP contribution in [-0.4, -0.2) is 54.0 Å². The minimum absolute atomic E-state index is 0.0576. The van der Waals surface area contributed by atoms with Gasteiger partial charge in [-0.05, 0) is 62.3 Å². The summed E-state index contributed by atoms with van der Waals surface area (Å²) in [7, 11) is -3.40. The number of hydrogen-bond acceptors (Lipinski definition) is 6. The standard InChI is InChI=1S/C30H32F3N3O5S/c1-19-34-26-18-35(29(38)41-23-12-10-22(11-13-23)30(31,32)33)17-16-25(26)28(37)36(19)27(20-6-4-3-5-7-20)21-8-14-24(15-9-21)42(2,39)40/h3-9,14-15,22-23,27H,10-13,16-18H2,1-2H3. The first-order valence-corrected chi connectivity index (χ1v) is 15.7. The Labute approximate surface area is 242 Å². The van der Waals surface area contributed by atoms with Crippen LogP contribution in [0.3, 0.4) is 0 Å². The van der Waals surface area contributed by atoms with Gasteiger partial charge in [0, 0.05) is 18.4 Å². The van der Waals surface area contributed by atoms with Crippen molar-refractivity contribution in [3.63, 3.8) is 0 Å². The molecule has 1 amide bonds. The zero-order valence-corrected chi connectivity index (χ0v) is 24.1. The number of carbonyl (C=O) groups is 1. The summed E-state index contributed by atoms with van der Waals surface area (Å²) in [4.78, 5) is 33.2. The van der Waals surface area contributed by atoms with E-state index in [0.29, 0.717) is 22.6 Å². The lowest BCUT2D eigenvalue weighted by Crippen LogP contribution is -2.43. The van der Waals surface area contributed by atoms with Crippen LogP contribution in [0.15, 0.2) is 64.3 Å². The molecule has 2 heterocycles. The van der Waals surface area contributed by atoms with Gasteiger partial charge in [-0.3, -0.25) is 9.36 Å². The highest BCUT2D eigenvalue weighted by molar-refractivity contribution is 7.90. The summed E-state index contributed by atoms with van der Waals surface area (Å²) in [5.41, 5.74) is 2.21. The number of carbonyl (C=O) groups excluding carboxylic acids is 1. The molecule has 2 aliphatic rings. The van der Waals surface area contributed by atoms with Crippen molar-refractivity contribution in [2.24, 2.45) is 5.92 Å². The molecule has 8 nitrogen and oxygen atoms in total. The van der Waals surface area contributed by atoms with Crippen molar-refractivity contribution in [2.45, 2.75) is 68.8 Å². The fourth-order valence-corrected chi connectivity index (χ4v) is 6.46. The number of aryl methyl sites for hydroxylation is 1. The molecule has 2 aromatic carbocycles. The van der Waals surface area contributed by atoms with Gasteiger partial charge in [-0.25, -0.2) is 18.2 Å². The first-order valence-electron chi connectivity index (χ1n) is 13.8. The molecule has 1 fully saturated rings. The average molecular weight is 604 g/mol. The third-order valence-electron chi connectivity index (χ3n) is 8.10. The lowest BCUT2D eigenvalue weighted by atomic mass is 9.87. The molecule has 1 unspecified atom stereocenters. The molecule has 1 saturated carbocycles. The highest BCUT2D eigenvalue weighted by Crippen LogP contribution is 2.38. The first kappa shape index (κ1) is 29.8. The van der Waals surface area contributed by atoms with Crippen molar-refractivity contribution >= 4 is 15.9 Å². The second kappa shape index (κ2) is 11.5. The van der Waals surface area contributed by atoms with Crippen LogP contribution in [0.2, 0.25) is 0 Å². The van der Waals surface area contributed by atoms with Gasteiger partial charge >= 0.3 is 12.3 Å². The van der Waals surface area contributed by atoms with Gasteiger partial charge in [-0.2, -0.15) is 13.2 Å². The number of rotatable bonds is 5. The van der Waals surface area contributed by atoms with E-state index in [1.807, 2.05) is 30.3 Å². The van der Waals surface area contributed by atoms with Crippen LogP contribution < -0.4 is 5.56 Å². The quantitative estimate of drug-likeness (QED) is 0.397. The first-order chi connectivity index (χ1) is 19.8. The van der Waals surface area contributed by atoms with Gasteiger partial charge in [0.15, 0.2) is 9.84 Å². The molecule has 0 saturated heterocycles. The Morgan fingerprint density at radius 2 is 1.62 bits per heavy atom. The Morgan fingerprint density at radius 3 is 2.21 bits per heavy atom. The Morgan fingerprint density at radius 1 is 1.00 bits per heavy atom. The predicted octanol–water partition coefficient (Wildman–Crippen LogP) is 5.21. The van der Waals surface area contributed by atoms with Gasteiger partial charge in [0.2, 0.25) is 0 Å². The molecule has 42 heavy (non-hydrogen) atoms. The van der Waals surface area contributed by atoms with Crippen LogP contribution in [0.1, 0.15) is 59.9 Å². The topological polar surface area (TPSA) is 98.6 Å². The summed E-state index contributed by atoms with van der Waals surface area (Å²) in [5, 5.41) is 0. The van der Waals surface area contributed by atoms with E-state index < -0.39 is 40.2 Å². The van der Waals surface area contributed by atoms with Crippen molar-refractivity contribution in [1.82, 2.24) is 14.5 Å². The molecular formula is C30H32F3N3O5S. The zero-order valence-electron chi connectivity index (χ0n) is 23.3. The fraction of sp³-hybridized carbons (Fsp3) is 0.433. The number of aromatic nitrogens is 2. The molecule has 5 rings (SSSR count). The number of amides is 1. The molecule has 224 valence electrons. The molecule has 1 aliphatic heterocycles. The van der Waals surface area contributed by atoms with Crippen molar-refractivity contribution in [1.29, 1.82) is 0 Å². The van der Waals surface area contributed by atoms with E-state index in [-0.39, 0.29) is 55.6 Å². The van der Waals surface area contributed by atoms with Crippen LogP contribution in [0.25, 0.3) is 0 Å². The molecule has 0 bridgehead atoms. The molecule has 0 N–H and O–H groups in total. The van der Waals surface area contributed by atoms with Crippen molar-refractivity contribution < 1.29 is 31.1 Å². The van der Waals surface area contributed by atoms with Crippen LogP contribution >= 0.6 is 0 Å². The number of hydrogen-bond donors (Lipinski definition) is 0. The smallest absolute Gasteiger partial charge is 0.410 e. The second-order valence-electron chi connectivity index (χ2n) is 11.0. The van der Waals surface area contributed by atoms with Crippen LogP contribution in [0, 0.1) is 12.8 Å². The zero-order chi connectivity index (χ0) is 30.2. The van der Waals surface area contributed by atoms with E-state index in [2.05, 4.69) is 0 Å². The maximum Gasteiger partial charge on any atom is 0.410 e. The second-order valence-corrected chi connectivity index (χ2v) is 13.0. The van der Waals surface area contributed by atoms with Crippen molar-refractivity contribution in [3.05, 3.63) is 93.2 Å². The third-order valence-corrected chi connectivity index (χ3v) is 9.23. The molecule has 12 heteroatoms. The summed E-state index contributed by atoms with van der Waals surface area (Å²) in [6.45, 7) is 1.98. The lowest BCUT2D eigenvalue weighted by molar-refractivity contribution is -0.186. The van der Waals surface area contributed by atoms with E-state index in [1.54, 1.807) is 23.6 Å². The molecule has 0 radical (unpaired) electrons. The molecule has 1 aliphatic carbocycles. The molecule has 0 spiro atoms. The monoisotopic (exact) mass is 603 g/mol. The fourth-order valence-electron chi connectivity index (χ4n) is 5.83. The van der Waals surface area contributed by atoms with Gasteiger partial charge in [-0.15, -0.1) is 0 Å². The van der Waals surface area contributed by atoms with Gasteiger partial charge in [0.05, 0.1) is 29.1 Å². The van der Waals surface area contributed by atoms with Crippen LogP contribution in [0.5, 0.6) is 0 Å². The number of fused-ring (bicyclic) bond motifs is 1. The summed E-state index contributed by atoms with van der Waals surface area (Å²) in [6, 6.07) is 15.2. The normalized spacial score (nSPS) is 20.1. The largest absolute Gasteiger partial charge is 0.446 e. The summed E-state index contributed by atoms with van der Waals surface area (Å²) in [5.74, 6) is -0.943. The predicted molar refractivity (Wildman–Crippen MR) is 149 cm³/mol. The van der Waals surface area contributed by atoms with Crippen molar-refractivity contribution in [2.75, 3.05) is 12.8 Å². The highest BCUT2D eigenvalue weighted by atomic mass is 32.2. The number of benzene rings is 2. The van der Waals surface area contributed by atoms with Crippen molar-refractivity contribution in [3.8, 4) is 0 Å². The SMILES string of the molecule is Cc1nc2c(c(=O)n1C(c1ccccc1)c1ccc(S(C)(=O)=O)cc1)CCN(C(=O)OC1CCC(C(F)(F)F)CC1)C2. The van der Waals surface area contributed by atoms with Gasteiger partial charge in [0.25, 0.3) is 5.56 Å². The Kier molecular flexibility index (Phi) is 8.19. The summed E-state index contributed by atoms with van der Waals surface area (Å²) in [6.07, 6.45) is -3.85. The van der Waals surface area contributed by atoms with E-state index in [4.69, 9.17) is 9.72 Å². The van der Waals surface area contributed by atoms with Gasteiger partial charge in [0.1, 0.15) is 11.9 Å².